The molecule has 0 bridgehead atoms. The third-order valence-electron chi connectivity index (χ3n) is 3.47. The van der Waals surface area contributed by atoms with Gasteiger partial charge in [-0.05, 0) is 49.0 Å². The Kier molecular flexibility index (Phi) is 6.34. The minimum atomic E-state index is -3.25. The third-order valence-corrected chi connectivity index (χ3v) is 3.74. The summed E-state index contributed by atoms with van der Waals surface area (Å²) in [4.78, 5) is 0. The van der Waals surface area contributed by atoms with Crippen LogP contribution in [0.25, 0.3) is 0 Å². The molecule has 0 saturated carbocycles. The molecule has 3 nitrogen and oxygen atoms in total. The monoisotopic (exact) mass is 327 g/mol. The highest BCUT2D eigenvalue weighted by molar-refractivity contribution is 6.22. The molecule has 22 heavy (non-hydrogen) atoms. The lowest BCUT2D eigenvalue weighted by Crippen LogP contribution is -2.42. The normalized spacial score (nSPS) is 13.2. The molecule has 1 aromatic heterocycles. The van der Waals surface area contributed by atoms with Gasteiger partial charge in [0.1, 0.15) is 0 Å². The Morgan fingerprint density at radius 2 is 2.00 bits per heavy atom. The van der Waals surface area contributed by atoms with Crippen molar-refractivity contribution >= 4 is 11.6 Å². The minimum absolute atomic E-state index is 0.294. The number of rotatable bonds is 9. The van der Waals surface area contributed by atoms with E-state index in [9.17, 15) is 8.78 Å². The summed E-state index contributed by atoms with van der Waals surface area (Å²) < 4.78 is 28.7. The van der Waals surface area contributed by atoms with Crippen molar-refractivity contribution in [3.8, 4) is 0 Å². The van der Waals surface area contributed by atoms with E-state index in [0.717, 1.165) is 12.0 Å². The second-order valence-electron chi connectivity index (χ2n) is 5.20. The Bertz CT molecular complexity index is 526. The lowest BCUT2D eigenvalue weighted by atomic mass is 10.1. The molecule has 2 rings (SSSR count). The van der Waals surface area contributed by atoms with Gasteiger partial charge in [-0.1, -0.05) is 30.3 Å². The summed E-state index contributed by atoms with van der Waals surface area (Å²) in [7, 11) is 0. The zero-order valence-electron chi connectivity index (χ0n) is 12.3. The van der Waals surface area contributed by atoms with Crippen molar-refractivity contribution in [3.63, 3.8) is 0 Å². The largest absolute Gasteiger partial charge is 0.336 e. The Morgan fingerprint density at radius 3 is 2.64 bits per heavy atom. The topological polar surface area (TPSA) is 29.9 Å². The maximum Gasteiger partial charge on any atom is 0.336 e. The van der Waals surface area contributed by atoms with Gasteiger partial charge in [-0.15, -0.1) is 0 Å². The Balaban J connectivity index is 1.76. The molecule has 120 valence electrons. The molecule has 6 heteroatoms. The molecule has 0 fully saturated rings. The number of nitrogens with one attached hydrogen (secondary N) is 1. The van der Waals surface area contributed by atoms with Crippen LogP contribution >= 0.6 is 11.6 Å². The molecule has 0 radical (unpaired) electrons. The van der Waals surface area contributed by atoms with Crippen LogP contribution in [0.1, 0.15) is 18.4 Å². The maximum absolute atomic E-state index is 13.5. The molecule has 0 aliphatic carbocycles. The smallest absolute Gasteiger partial charge is 0.307 e. The van der Waals surface area contributed by atoms with Crippen LogP contribution in [0, 0.1) is 0 Å². The molecule has 0 amide bonds. The maximum atomic E-state index is 13.5. The van der Waals surface area contributed by atoms with Gasteiger partial charge in [0.05, 0.1) is 6.04 Å². The highest BCUT2D eigenvalue weighted by Gasteiger charge is 2.36. The second kappa shape index (κ2) is 8.25. The van der Waals surface area contributed by atoms with E-state index in [-0.39, 0.29) is 0 Å². The Hall–Kier alpha value is -1.46. The van der Waals surface area contributed by atoms with E-state index in [4.69, 9.17) is 11.6 Å². The third kappa shape index (κ3) is 5.73. The van der Waals surface area contributed by atoms with Crippen molar-refractivity contribution in [2.75, 3.05) is 6.54 Å². The van der Waals surface area contributed by atoms with Gasteiger partial charge >= 0.3 is 5.38 Å². The summed E-state index contributed by atoms with van der Waals surface area (Å²) in [5, 5.41) is 3.69. The zero-order valence-corrected chi connectivity index (χ0v) is 13.0. The molecule has 1 aromatic carbocycles. The van der Waals surface area contributed by atoms with Crippen molar-refractivity contribution in [1.82, 2.24) is 15.1 Å². The zero-order chi connectivity index (χ0) is 15.8. The average Bonchev–Trinajstić information content (AvgIpc) is 2.99. The Morgan fingerprint density at radius 1 is 1.23 bits per heavy atom. The van der Waals surface area contributed by atoms with Crippen LogP contribution in [0.4, 0.5) is 8.78 Å². The molecule has 2 aromatic rings. The van der Waals surface area contributed by atoms with Gasteiger partial charge in [-0.2, -0.15) is 13.9 Å². The second-order valence-corrected chi connectivity index (χ2v) is 5.70. The van der Waals surface area contributed by atoms with E-state index in [2.05, 4.69) is 10.4 Å². The van der Waals surface area contributed by atoms with Crippen LogP contribution in [0.2, 0.25) is 0 Å². The van der Waals surface area contributed by atoms with Gasteiger partial charge < -0.3 is 5.32 Å². The quantitative estimate of drug-likeness (QED) is 0.562. The van der Waals surface area contributed by atoms with Gasteiger partial charge in [0.15, 0.2) is 0 Å². The summed E-state index contributed by atoms with van der Waals surface area (Å²) >= 11 is 5.23. The molecule has 0 unspecified atom stereocenters. The Labute approximate surface area is 134 Å². The van der Waals surface area contributed by atoms with Gasteiger partial charge in [-0.3, -0.25) is 4.68 Å². The number of aromatic nitrogens is 2. The molecule has 0 aliphatic heterocycles. The van der Waals surface area contributed by atoms with E-state index < -0.39 is 11.4 Å². The fourth-order valence-electron chi connectivity index (χ4n) is 2.29. The summed E-state index contributed by atoms with van der Waals surface area (Å²) in [5.41, 5.74) is 1.03. The number of hydrogen-bond acceptors (Lipinski definition) is 2. The first-order valence-corrected chi connectivity index (χ1v) is 7.75. The van der Waals surface area contributed by atoms with E-state index in [1.807, 2.05) is 42.6 Å². The van der Waals surface area contributed by atoms with Gasteiger partial charge in [0, 0.05) is 18.9 Å². The van der Waals surface area contributed by atoms with E-state index in [1.165, 1.54) is 0 Å². The summed E-state index contributed by atoms with van der Waals surface area (Å²) in [6, 6.07) is 10.4. The van der Waals surface area contributed by atoms with Gasteiger partial charge in [0.25, 0.3) is 0 Å². The molecule has 1 N–H and O–H groups in total. The molecule has 1 heterocycles. The first kappa shape index (κ1) is 16.9. The van der Waals surface area contributed by atoms with Crippen molar-refractivity contribution in [3.05, 3.63) is 54.4 Å². The summed E-state index contributed by atoms with van der Waals surface area (Å²) in [5.74, 6) is 0. The predicted octanol–water partition coefficient (Wildman–Crippen LogP) is 3.70. The number of aryl methyl sites for hydroxylation is 2. The van der Waals surface area contributed by atoms with Crippen molar-refractivity contribution < 1.29 is 8.78 Å². The number of benzene rings is 1. The van der Waals surface area contributed by atoms with Crippen LogP contribution in [0.3, 0.4) is 0 Å². The number of hydrogen-bond donors (Lipinski definition) is 1. The van der Waals surface area contributed by atoms with E-state index >= 15 is 0 Å². The lowest BCUT2D eigenvalue weighted by molar-refractivity contribution is 0.0465. The van der Waals surface area contributed by atoms with Crippen LogP contribution in [0.5, 0.6) is 0 Å². The van der Waals surface area contributed by atoms with Gasteiger partial charge in [0.2, 0.25) is 0 Å². The number of halogens is 3. The molecule has 1 atom stereocenters. The van der Waals surface area contributed by atoms with Crippen molar-refractivity contribution in [2.45, 2.75) is 37.2 Å². The lowest BCUT2D eigenvalue weighted by Gasteiger charge is -2.23. The highest BCUT2D eigenvalue weighted by Crippen LogP contribution is 2.26. The van der Waals surface area contributed by atoms with E-state index in [0.29, 0.717) is 25.9 Å². The fraction of sp³-hybridized carbons (Fsp3) is 0.438. The van der Waals surface area contributed by atoms with Crippen molar-refractivity contribution in [1.29, 1.82) is 0 Å². The molecular formula is C16H20ClF2N3. The molecule has 0 aliphatic rings. The van der Waals surface area contributed by atoms with Crippen molar-refractivity contribution in [2.24, 2.45) is 0 Å². The number of alkyl halides is 3. The first-order valence-electron chi connectivity index (χ1n) is 7.37. The fourth-order valence-corrected chi connectivity index (χ4v) is 2.47. The van der Waals surface area contributed by atoms with Crippen LogP contribution < -0.4 is 5.32 Å². The van der Waals surface area contributed by atoms with E-state index in [1.54, 1.807) is 10.9 Å². The number of nitrogens with zero attached hydrogens (tertiary/aromatic N) is 2. The van der Waals surface area contributed by atoms with Crippen LogP contribution in [0.15, 0.2) is 48.8 Å². The standard InChI is InChI=1S/C16H20ClF2N3/c17-16(18,19)15(9-8-14-6-2-1-3-7-14)20-10-4-12-22-13-5-11-21-22/h1-3,5-7,11,13,15,20H,4,8-10,12H2/t15-/m1/s1. The molecule has 0 saturated heterocycles. The van der Waals surface area contributed by atoms with Crippen LogP contribution in [-0.4, -0.2) is 27.7 Å². The van der Waals surface area contributed by atoms with Gasteiger partial charge in [-0.25, -0.2) is 0 Å². The minimum Gasteiger partial charge on any atom is -0.307 e. The summed E-state index contributed by atoms with van der Waals surface area (Å²) in [6.45, 7) is 1.17. The summed E-state index contributed by atoms with van der Waals surface area (Å²) in [6.07, 6.45) is 5.13. The van der Waals surface area contributed by atoms with Crippen LogP contribution in [-0.2, 0) is 13.0 Å². The first-order chi connectivity index (χ1) is 10.6. The predicted molar refractivity (Wildman–Crippen MR) is 84.2 cm³/mol. The highest BCUT2D eigenvalue weighted by atomic mass is 35.5. The average molecular weight is 328 g/mol. The molecule has 0 spiro atoms. The molecular weight excluding hydrogens is 308 g/mol. The SMILES string of the molecule is FC(F)(Cl)[C@@H](CCc1ccccc1)NCCCn1cccn1.